The molecule has 0 radical (unpaired) electrons. The summed E-state index contributed by atoms with van der Waals surface area (Å²) in [6.45, 7) is 1.83. The van der Waals surface area contributed by atoms with Crippen LogP contribution in [-0.4, -0.2) is 30.2 Å². The Labute approximate surface area is 137 Å². The number of anilines is 1. The van der Waals surface area contributed by atoms with Gasteiger partial charge in [0.25, 0.3) is 0 Å². The van der Waals surface area contributed by atoms with Gasteiger partial charge in [0.2, 0.25) is 0 Å². The van der Waals surface area contributed by atoms with Crippen LogP contribution < -0.4 is 9.64 Å². The van der Waals surface area contributed by atoms with Crippen LogP contribution in [0.3, 0.4) is 0 Å². The van der Waals surface area contributed by atoms with Crippen LogP contribution in [0, 0.1) is 18.1 Å². The van der Waals surface area contributed by atoms with E-state index in [9.17, 15) is 13.2 Å². The van der Waals surface area contributed by atoms with Crippen molar-refractivity contribution in [3.05, 3.63) is 35.5 Å². The molecule has 0 aliphatic rings. The number of alkyl halides is 3. The van der Waals surface area contributed by atoms with Gasteiger partial charge in [-0.2, -0.15) is 0 Å². The van der Waals surface area contributed by atoms with Crippen LogP contribution in [0.1, 0.15) is 11.3 Å². The van der Waals surface area contributed by atoms with Crippen molar-refractivity contribution in [2.75, 3.05) is 19.0 Å². The normalized spacial score (nSPS) is 10.9. The second-order valence-electron chi connectivity index (χ2n) is 4.87. The molecule has 8 heteroatoms. The summed E-state index contributed by atoms with van der Waals surface area (Å²) in [7, 11) is 3.66. The monoisotopic (exact) mass is 341 g/mol. The number of hydrogen-bond donors (Lipinski definition) is 1. The SMILES string of the molecule is Cc1c(C#CS)c(N(C)C)nn1-c1ccc(OC(F)(F)F)cc1. The molecule has 4 nitrogen and oxygen atoms in total. The standard InChI is InChI=1S/C15H14F3N3OS/c1-10-13(8-9-23)14(20(2)3)19-21(10)11-4-6-12(7-5-11)22-15(16,17)18/h4-7,23H,1-3H3. The van der Waals surface area contributed by atoms with E-state index in [0.29, 0.717) is 17.1 Å². The summed E-state index contributed by atoms with van der Waals surface area (Å²) in [5, 5.41) is 6.98. The molecule has 0 bridgehead atoms. The van der Waals surface area contributed by atoms with Gasteiger partial charge in [-0.3, -0.25) is 0 Å². The zero-order valence-electron chi connectivity index (χ0n) is 12.6. The van der Waals surface area contributed by atoms with Crippen LogP contribution >= 0.6 is 12.6 Å². The quantitative estimate of drug-likeness (QED) is 0.686. The lowest BCUT2D eigenvalue weighted by Crippen LogP contribution is -2.17. The Hall–Kier alpha value is -2.27. The van der Waals surface area contributed by atoms with E-state index in [1.807, 2.05) is 21.0 Å². The lowest BCUT2D eigenvalue weighted by molar-refractivity contribution is -0.274. The highest BCUT2D eigenvalue weighted by Gasteiger charge is 2.31. The number of hydrogen-bond acceptors (Lipinski definition) is 4. The average molecular weight is 341 g/mol. The molecule has 2 rings (SSSR count). The van der Waals surface area contributed by atoms with Crippen molar-refractivity contribution in [2.45, 2.75) is 13.3 Å². The van der Waals surface area contributed by atoms with Gasteiger partial charge in [0, 0.05) is 14.1 Å². The van der Waals surface area contributed by atoms with E-state index < -0.39 is 6.36 Å². The minimum absolute atomic E-state index is 0.283. The van der Waals surface area contributed by atoms with Gasteiger partial charge in [-0.15, -0.1) is 18.3 Å². The molecule has 0 spiro atoms. The fourth-order valence-electron chi connectivity index (χ4n) is 2.04. The third kappa shape index (κ3) is 3.93. The van der Waals surface area contributed by atoms with E-state index >= 15 is 0 Å². The molecule has 0 N–H and O–H groups in total. The summed E-state index contributed by atoms with van der Waals surface area (Å²) < 4.78 is 42.0. The first kappa shape index (κ1) is 17.1. The van der Waals surface area contributed by atoms with Crippen molar-refractivity contribution >= 4 is 18.4 Å². The minimum atomic E-state index is -4.71. The Bertz CT molecular complexity index is 755. The molecule has 0 atom stereocenters. The van der Waals surface area contributed by atoms with Crippen molar-refractivity contribution < 1.29 is 17.9 Å². The summed E-state index contributed by atoms with van der Waals surface area (Å²) in [5.74, 6) is 3.24. The topological polar surface area (TPSA) is 30.3 Å². The first-order valence-electron chi connectivity index (χ1n) is 6.51. The second kappa shape index (κ2) is 6.46. The number of nitrogens with zero attached hydrogens (tertiary/aromatic N) is 3. The smallest absolute Gasteiger partial charge is 0.406 e. The zero-order chi connectivity index (χ0) is 17.2. The summed E-state index contributed by atoms with van der Waals surface area (Å²) in [6.07, 6.45) is -4.71. The Morgan fingerprint density at radius 1 is 1.22 bits per heavy atom. The van der Waals surface area contributed by atoms with Crippen LogP contribution in [0.5, 0.6) is 5.75 Å². The minimum Gasteiger partial charge on any atom is -0.406 e. The van der Waals surface area contributed by atoms with Gasteiger partial charge in [0.05, 0.1) is 16.9 Å². The molecule has 1 aromatic carbocycles. The van der Waals surface area contributed by atoms with Crippen molar-refractivity contribution in [3.8, 4) is 22.6 Å². The maximum absolute atomic E-state index is 12.2. The molecule has 0 unspecified atom stereocenters. The fraction of sp³-hybridized carbons (Fsp3) is 0.267. The first-order chi connectivity index (χ1) is 10.7. The Morgan fingerprint density at radius 2 is 1.83 bits per heavy atom. The van der Waals surface area contributed by atoms with E-state index in [-0.39, 0.29) is 5.75 Å². The number of benzene rings is 1. The van der Waals surface area contributed by atoms with Gasteiger partial charge in [0.15, 0.2) is 5.82 Å². The van der Waals surface area contributed by atoms with Gasteiger partial charge < -0.3 is 9.64 Å². The molecule has 23 heavy (non-hydrogen) atoms. The largest absolute Gasteiger partial charge is 0.573 e. The second-order valence-corrected chi connectivity index (χ2v) is 5.09. The third-order valence-electron chi connectivity index (χ3n) is 3.02. The molecule has 0 saturated heterocycles. The van der Waals surface area contributed by atoms with Gasteiger partial charge >= 0.3 is 6.36 Å². The highest BCUT2D eigenvalue weighted by atomic mass is 32.1. The molecule has 0 aliphatic carbocycles. The van der Waals surface area contributed by atoms with Gasteiger partial charge in [-0.1, -0.05) is 12.6 Å². The highest BCUT2D eigenvalue weighted by molar-refractivity contribution is 7.85. The van der Waals surface area contributed by atoms with Crippen LogP contribution in [0.25, 0.3) is 5.69 Å². The molecule has 1 aromatic heterocycles. The molecule has 0 fully saturated rings. The predicted molar refractivity (Wildman–Crippen MR) is 85.2 cm³/mol. The van der Waals surface area contributed by atoms with Crippen molar-refractivity contribution in [2.24, 2.45) is 0 Å². The maximum Gasteiger partial charge on any atom is 0.573 e. The van der Waals surface area contributed by atoms with Crippen molar-refractivity contribution in [3.63, 3.8) is 0 Å². The maximum atomic E-state index is 12.2. The molecule has 0 saturated carbocycles. The van der Waals surface area contributed by atoms with Crippen LogP contribution in [0.15, 0.2) is 24.3 Å². The van der Waals surface area contributed by atoms with Crippen molar-refractivity contribution in [1.82, 2.24) is 9.78 Å². The average Bonchev–Trinajstić information content (AvgIpc) is 2.76. The molecular weight excluding hydrogens is 327 g/mol. The summed E-state index contributed by atoms with van der Waals surface area (Å²) in [4.78, 5) is 1.80. The number of aromatic nitrogens is 2. The van der Waals surface area contributed by atoms with Crippen LogP contribution in [-0.2, 0) is 0 Å². The third-order valence-corrected chi connectivity index (χ3v) is 3.13. The molecule has 0 amide bonds. The molecule has 0 aliphatic heterocycles. The van der Waals surface area contributed by atoms with E-state index in [4.69, 9.17) is 0 Å². The van der Waals surface area contributed by atoms with Gasteiger partial charge in [0.1, 0.15) is 5.75 Å². The van der Waals surface area contributed by atoms with E-state index in [1.165, 1.54) is 24.3 Å². The zero-order valence-corrected chi connectivity index (χ0v) is 13.5. The lowest BCUT2D eigenvalue weighted by atomic mass is 10.2. The molecule has 2 aromatic rings. The van der Waals surface area contributed by atoms with Crippen LogP contribution in [0.4, 0.5) is 19.0 Å². The van der Waals surface area contributed by atoms with Crippen molar-refractivity contribution in [1.29, 1.82) is 0 Å². The fourth-order valence-corrected chi connectivity index (χ4v) is 2.15. The molecule has 122 valence electrons. The van der Waals surface area contributed by atoms with E-state index in [0.717, 1.165) is 5.69 Å². The first-order valence-corrected chi connectivity index (χ1v) is 6.96. The number of ether oxygens (including phenoxy) is 1. The lowest BCUT2D eigenvalue weighted by Gasteiger charge is -2.10. The summed E-state index contributed by atoms with van der Waals surface area (Å²) >= 11 is 3.90. The number of thiol groups is 1. The van der Waals surface area contributed by atoms with E-state index in [2.05, 4.69) is 33.6 Å². The number of halogens is 3. The highest BCUT2D eigenvalue weighted by Crippen LogP contribution is 2.26. The predicted octanol–water partition coefficient (Wildman–Crippen LogP) is 3.38. The Kier molecular flexibility index (Phi) is 4.80. The van der Waals surface area contributed by atoms with Gasteiger partial charge in [-0.25, -0.2) is 4.68 Å². The van der Waals surface area contributed by atoms with Gasteiger partial charge in [-0.05, 0) is 42.4 Å². The summed E-state index contributed by atoms with van der Waals surface area (Å²) in [6, 6.07) is 5.48. The number of rotatable bonds is 3. The molecule has 1 heterocycles. The molecular formula is C15H14F3N3OS. The summed E-state index contributed by atoms with van der Waals surface area (Å²) in [5.41, 5.74) is 2.08. The van der Waals surface area contributed by atoms with Crippen LogP contribution in [0.2, 0.25) is 0 Å². The Morgan fingerprint density at radius 3 is 2.30 bits per heavy atom. The Balaban J connectivity index is 2.42. The van der Waals surface area contributed by atoms with E-state index in [1.54, 1.807) is 9.58 Å².